The Kier molecular flexibility index (Phi) is 4.75. The highest BCUT2D eigenvalue weighted by atomic mass is 32.1. The zero-order chi connectivity index (χ0) is 13.8. The summed E-state index contributed by atoms with van der Waals surface area (Å²) in [5.41, 5.74) is 0. The van der Waals surface area contributed by atoms with E-state index in [9.17, 15) is 0 Å². The van der Waals surface area contributed by atoms with Crippen LogP contribution in [0, 0.1) is 17.1 Å². The van der Waals surface area contributed by atoms with Gasteiger partial charge in [-0.3, -0.25) is 9.80 Å². The Hall–Kier alpha value is -1.16. The van der Waals surface area contributed by atoms with E-state index in [-0.39, 0.29) is 0 Å². The van der Waals surface area contributed by atoms with Gasteiger partial charge in [0.2, 0.25) is 0 Å². The first kappa shape index (κ1) is 14.3. The van der Waals surface area contributed by atoms with Crippen LogP contribution < -0.4 is 0 Å². The Labute approximate surface area is 119 Å². The first-order valence-corrected chi connectivity index (χ1v) is 7.04. The highest BCUT2D eigenvalue weighted by Crippen LogP contribution is 2.07. The zero-order valence-corrected chi connectivity index (χ0v) is 12.4. The third kappa shape index (κ3) is 3.44. The lowest BCUT2D eigenvalue weighted by Gasteiger charge is -2.33. The Morgan fingerprint density at radius 2 is 1.95 bits per heavy atom. The molecule has 0 unspecified atom stereocenters. The van der Waals surface area contributed by atoms with Crippen LogP contribution in [0.1, 0.15) is 19.9 Å². The van der Waals surface area contributed by atoms with Crippen LogP contribution in [-0.4, -0.2) is 56.9 Å². The molecular weight excluding hydrogens is 258 g/mol. The molecule has 1 aliphatic heterocycles. The van der Waals surface area contributed by atoms with E-state index in [1.165, 1.54) is 0 Å². The summed E-state index contributed by atoms with van der Waals surface area (Å²) in [4.78, 5) is 4.66. The van der Waals surface area contributed by atoms with E-state index in [0.29, 0.717) is 6.04 Å². The van der Waals surface area contributed by atoms with Crippen molar-refractivity contribution in [3.8, 4) is 12.3 Å². The molecule has 104 valence electrons. The minimum atomic E-state index is 0.355. The average molecular weight is 279 g/mol. The van der Waals surface area contributed by atoms with E-state index in [1.807, 2.05) is 15.6 Å². The summed E-state index contributed by atoms with van der Waals surface area (Å²) in [5, 5.41) is 4.37. The van der Waals surface area contributed by atoms with E-state index in [2.05, 4.69) is 34.7 Å². The molecule has 1 aliphatic rings. The molecule has 1 saturated heterocycles. The summed E-state index contributed by atoms with van der Waals surface area (Å²) in [7, 11) is 0. The van der Waals surface area contributed by atoms with Crippen molar-refractivity contribution >= 4 is 12.2 Å². The van der Waals surface area contributed by atoms with Crippen molar-refractivity contribution in [2.75, 3.05) is 32.7 Å². The van der Waals surface area contributed by atoms with Crippen LogP contribution in [-0.2, 0) is 6.67 Å². The third-order valence-corrected chi connectivity index (χ3v) is 3.85. The minimum Gasteiger partial charge on any atom is -0.304 e. The fraction of sp³-hybridized carbons (Fsp3) is 0.692. The number of nitrogens with zero attached hydrogens (tertiary/aromatic N) is 5. The smallest absolute Gasteiger partial charge is 0.199 e. The minimum absolute atomic E-state index is 0.355. The van der Waals surface area contributed by atoms with E-state index < -0.39 is 0 Å². The summed E-state index contributed by atoms with van der Waals surface area (Å²) in [5.74, 6) is 2.70. The SMILES string of the molecule is C#CCN1CCN(Cn2ncn(C(C)C)c2=S)CC1. The number of rotatable bonds is 4. The van der Waals surface area contributed by atoms with Gasteiger partial charge in [-0.15, -0.1) is 6.42 Å². The number of piperazine rings is 1. The summed E-state index contributed by atoms with van der Waals surface area (Å²) >= 11 is 5.43. The van der Waals surface area contributed by atoms with Crippen LogP contribution in [0.25, 0.3) is 0 Å². The molecule has 0 N–H and O–H groups in total. The van der Waals surface area contributed by atoms with Gasteiger partial charge in [0.1, 0.15) is 6.33 Å². The van der Waals surface area contributed by atoms with Gasteiger partial charge in [0.05, 0.1) is 13.2 Å². The number of hydrogen-bond acceptors (Lipinski definition) is 4. The molecule has 0 saturated carbocycles. The normalized spacial score (nSPS) is 17.8. The fourth-order valence-electron chi connectivity index (χ4n) is 2.21. The van der Waals surface area contributed by atoms with Crippen molar-refractivity contribution in [2.45, 2.75) is 26.6 Å². The van der Waals surface area contributed by atoms with Crippen molar-refractivity contribution in [1.82, 2.24) is 24.1 Å². The van der Waals surface area contributed by atoms with Crippen LogP contribution in [0.3, 0.4) is 0 Å². The van der Waals surface area contributed by atoms with E-state index in [1.54, 1.807) is 0 Å². The van der Waals surface area contributed by atoms with Gasteiger partial charge in [-0.2, -0.15) is 5.10 Å². The Morgan fingerprint density at radius 3 is 2.47 bits per heavy atom. The lowest BCUT2D eigenvalue weighted by Crippen LogP contribution is -2.46. The van der Waals surface area contributed by atoms with Crippen LogP contribution in [0.15, 0.2) is 6.33 Å². The summed E-state index contributed by atoms with van der Waals surface area (Å²) in [6, 6.07) is 0.355. The van der Waals surface area contributed by atoms with E-state index >= 15 is 0 Å². The lowest BCUT2D eigenvalue weighted by molar-refractivity contribution is 0.111. The van der Waals surface area contributed by atoms with E-state index in [0.717, 1.165) is 44.2 Å². The molecular formula is C13H21N5S. The molecule has 19 heavy (non-hydrogen) atoms. The molecule has 6 heteroatoms. The highest BCUT2D eigenvalue weighted by molar-refractivity contribution is 7.71. The molecule has 5 nitrogen and oxygen atoms in total. The number of hydrogen-bond donors (Lipinski definition) is 0. The number of terminal acetylenes is 1. The van der Waals surface area contributed by atoms with Crippen molar-refractivity contribution in [2.24, 2.45) is 0 Å². The molecule has 1 fully saturated rings. The van der Waals surface area contributed by atoms with Gasteiger partial charge in [-0.1, -0.05) is 5.92 Å². The van der Waals surface area contributed by atoms with Gasteiger partial charge >= 0.3 is 0 Å². The third-order valence-electron chi connectivity index (χ3n) is 3.43. The predicted octanol–water partition coefficient (Wildman–Crippen LogP) is 1.20. The zero-order valence-electron chi connectivity index (χ0n) is 11.6. The molecule has 0 aliphatic carbocycles. The van der Waals surface area contributed by atoms with Crippen LogP contribution in [0.4, 0.5) is 0 Å². The second kappa shape index (κ2) is 6.33. The van der Waals surface area contributed by atoms with Crippen LogP contribution >= 0.6 is 12.2 Å². The van der Waals surface area contributed by atoms with Gasteiger partial charge in [0.15, 0.2) is 4.77 Å². The van der Waals surface area contributed by atoms with Gasteiger partial charge < -0.3 is 4.57 Å². The first-order valence-electron chi connectivity index (χ1n) is 6.64. The maximum atomic E-state index is 5.43. The Balaban J connectivity index is 1.93. The largest absolute Gasteiger partial charge is 0.304 e. The Morgan fingerprint density at radius 1 is 1.32 bits per heavy atom. The number of aromatic nitrogens is 3. The second-order valence-corrected chi connectivity index (χ2v) is 5.52. The molecule has 0 aromatic carbocycles. The maximum Gasteiger partial charge on any atom is 0.199 e. The van der Waals surface area contributed by atoms with Crippen LogP contribution in [0.2, 0.25) is 0 Å². The van der Waals surface area contributed by atoms with Crippen molar-refractivity contribution < 1.29 is 0 Å². The molecule has 2 heterocycles. The second-order valence-electron chi connectivity index (χ2n) is 5.15. The first-order chi connectivity index (χ1) is 9.11. The van der Waals surface area contributed by atoms with Gasteiger partial charge in [0.25, 0.3) is 0 Å². The summed E-state index contributed by atoms with van der Waals surface area (Å²) in [6.45, 7) is 9.79. The van der Waals surface area contributed by atoms with Gasteiger partial charge in [-0.25, -0.2) is 4.68 Å². The topological polar surface area (TPSA) is 29.2 Å². The lowest BCUT2D eigenvalue weighted by atomic mass is 10.3. The van der Waals surface area contributed by atoms with Crippen molar-refractivity contribution in [3.63, 3.8) is 0 Å². The molecule has 0 radical (unpaired) electrons. The molecule has 0 atom stereocenters. The van der Waals surface area contributed by atoms with E-state index in [4.69, 9.17) is 18.6 Å². The van der Waals surface area contributed by atoms with Gasteiger partial charge in [-0.05, 0) is 26.1 Å². The predicted molar refractivity (Wildman–Crippen MR) is 78.3 cm³/mol. The highest BCUT2D eigenvalue weighted by Gasteiger charge is 2.17. The molecule has 1 aromatic rings. The summed E-state index contributed by atoms with van der Waals surface area (Å²) in [6.07, 6.45) is 7.15. The molecule has 1 aromatic heterocycles. The van der Waals surface area contributed by atoms with Crippen molar-refractivity contribution in [3.05, 3.63) is 11.1 Å². The van der Waals surface area contributed by atoms with Gasteiger partial charge in [0, 0.05) is 32.2 Å². The van der Waals surface area contributed by atoms with Crippen molar-refractivity contribution in [1.29, 1.82) is 0 Å². The fourth-order valence-corrected chi connectivity index (χ4v) is 2.57. The van der Waals surface area contributed by atoms with Crippen LogP contribution in [0.5, 0.6) is 0 Å². The molecule has 2 rings (SSSR count). The summed E-state index contributed by atoms with van der Waals surface area (Å²) < 4.78 is 4.71. The Bertz CT molecular complexity index is 502. The molecule has 0 spiro atoms. The monoisotopic (exact) mass is 279 g/mol. The molecule has 0 amide bonds. The quantitative estimate of drug-likeness (QED) is 0.612. The average Bonchev–Trinajstić information content (AvgIpc) is 2.74. The standard InChI is InChI=1S/C13H21N5S/c1-4-5-15-6-8-16(9-7-15)11-18-13(19)17(10-14-18)12(2)3/h1,10,12H,5-9,11H2,2-3H3. The molecule has 0 bridgehead atoms. The maximum absolute atomic E-state index is 5.43.